The van der Waals surface area contributed by atoms with Crippen LogP contribution in [0.15, 0.2) is 65.6 Å². The molecule has 0 aromatic heterocycles. The number of nitrogens with two attached hydrogens (primary N) is 1. The van der Waals surface area contributed by atoms with Gasteiger partial charge >= 0.3 is 5.97 Å². The summed E-state index contributed by atoms with van der Waals surface area (Å²) < 4.78 is 34.8. The number of rotatable bonds is 20. The van der Waals surface area contributed by atoms with Crippen molar-refractivity contribution < 1.29 is 46.7 Å². The first kappa shape index (κ1) is 45.5. The second kappa shape index (κ2) is 21.6. The molecule has 58 heavy (non-hydrogen) atoms. The maximum Gasteiger partial charge on any atom is 0.306 e. The summed E-state index contributed by atoms with van der Waals surface area (Å²) in [6, 6.07) is 11.1. The molecule has 6 N–H and O–H groups in total. The number of nitrogens with zero attached hydrogens (tertiary/aromatic N) is 1. The molecule has 2 aliphatic rings. The Kier molecular flexibility index (Phi) is 16.9. The molecule has 4 rings (SSSR count). The van der Waals surface area contributed by atoms with E-state index in [1.54, 1.807) is 55.5 Å². The third kappa shape index (κ3) is 12.9. The highest BCUT2D eigenvalue weighted by molar-refractivity contribution is 7.89. The highest BCUT2D eigenvalue weighted by atomic mass is 32.2. The second-order valence-electron chi connectivity index (χ2n) is 15.4. The van der Waals surface area contributed by atoms with E-state index in [2.05, 4.69) is 20.7 Å². The summed E-state index contributed by atoms with van der Waals surface area (Å²) in [5, 5.41) is 7.28. The Morgan fingerprint density at radius 2 is 1.53 bits per heavy atom. The van der Waals surface area contributed by atoms with Crippen molar-refractivity contribution in [1.29, 1.82) is 0 Å². The fourth-order valence-electron chi connectivity index (χ4n) is 7.41. The van der Waals surface area contributed by atoms with Crippen LogP contribution in [0.4, 0.5) is 0 Å². The molecule has 17 heteroatoms. The van der Waals surface area contributed by atoms with Gasteiger partial charge in [-0.05, 0) is 55.2 Å². The molecule has 1 saturated heterocycles. The number of Topliss-reactive ketones (excluding diaryl/α,β-unsaturated/α-hetero) is 1. The average molecular weight is 825 g/mol. The van der Waals surface area contributed by atoms with Crippen LogP contribution < -0.4 is 26.4 Å². The van der Waals surface area contributed by atoms with Gasteiger partial charge in [0.25, 0.3) is 5.91 Å². The zero-order valence-corrected chi connectivity index (χ0v) is 34.1. The Bertz CT molecular complexity index is 1870. The number of amides is 5. The first-order valence-corrected chi connectivity index (χ1v) is 21.4. The molecule has 1 aliphatic carbocycles. The molecule has 1 saturated carbocycles. The molecule has 1 aliphatic heterocycles. The van der Waals surface area contributed by atoms with Gasteiger partial charge in [0.05, 0.1) is 36.4 Å². The standard InChI is InChI=1S/C41H56N6O10S/c1-4-14-32(37(50)40(53)43-23-34(48)45-36(38(42)51)28-17-10-6-11-18-28)44-39(52)33-21-29(46-58(55,56)30-19-12-7-13-20-30)24-47(33)41(54)31(27-15-8-5-9-16-27)22-35(49)57-25-26(2)3/h6-7,10-13,17-20,26-27,29,31-33,36,46H,4-5,8-9,14-16,21-25H2,1-3H3,(H2,42,51)(H,43,53)(H,44,52)(H,45,48)/t29-,31+,32+,33?,36+/m1/s1. The number of carbonyl (C=O) groups excluding carboxylic acids is 7. The lowest BCUT2D eigenvalue weighted by Gasteiger charge is -2.34. The normalized spacial score (nSPS) is 18.7. The zero-order chi connectivity index (χ0) is 42.4. The third-order valence-electron chi connectivity index (χ3n) is 10.3. The van der Waals surface area contributed by atoms with Gasteiger partial charge in [0.2, 0.25) is 39.4 Å². The van der Waals surface area contributed by atoms with Crippen molar-refractivity contribution in [2.45, 2.75) is 108 Å². The van der Waals surface area contributed by atoms with Gasteiger partial charge < -0.3 is 31.3 Å². The van der Waals surface area contributed by atoms with Crippen LogP contribution in [0.5, 0.6) is 0 Å². The summed E-state index contributed by atoms with van der Waals surface area (Å²) in [6.45, 7) is 4.83. The number of carbonyl (C=O) groups is 7. The molecular formula is C41H56N6O10S. The third-order valence-corrected chi connectivity index (χ3v) is 11.9. The van der Waals surface area contributed by atoms with Gasteiger partial charge in [-0.2, -0.15) is 0 Å². The van der Waals surface area contributed by atoms with Crippen molar-refractivity contribution in [2.24, 2.45) is 23.5 Å². The maximum atomic E-state index is 14.6. The summed E-state index contributed by atoms with van der Waals surface area (Å²) in [5.41, 5.74) is 5.89. The number of ketones is 1. The Hall–Kier alpha value is -5.16. The van der Waals surface area contributed by atoms with E-state index in [9.17, 15) is 42.0 Å². The highest BCUT2D eigenvalue weighted by Gasteiger charge is 2.46. The van der Waals surface area contributed by atoms with E-state index in [0.29, 0.717) is 24.8 Å². The second-order valence-corrected chi connectivity index (χ2v) is 17.1. The molecule has 0 bridgehead atoms. The van der Waals surface area contributed by atoms with Crippen LogP contribution in [-0.4, -0.2) is 92.4 Å². The molecule has 2 aromatic rings. The van der Waals surface area contributed by atoms with E-state index in [-0.39, 0.29) is 49.1 Å². The predicted octanol–water partition coefficient (Wildman–Crippen LogP) is 2.03. The van der Waals surface area contributed by atoms with Gasteiger partial charge in [-0.3, -0.25) is 33.6 Å². The molecule has 16 nitrogen and oxygen atoms in total. The topological polar surface area (TPSA) is 240 Å². The van der Waals surface area contributed by atoms with Gasteiger partial charge in [-0.1, -0.05) is 95.0 Å². The minimum Gasteiger partial charge on any atom is -0.465 e. The van der Waals surface area contributed by atoms with Gasteiger partial charge in [0.1, 0.15) is 12.1 Å². The fraction of sp³-hybridized carbons (Fsp3) is 0.537. The van der Waals surface area contributed by atoms with Crippen molar-refractivity contribution in [1.82, 2.24) is 25.6 Å². The smallest absolute Gasteiger partial charge is 0.306 e. The van der Waals surface area contributed by atoms with Crippen molar-refractivity contribution in [3.05, 3.63) is 66.2 Å². The number of hydrogen-bond acceptors (Lipinski definition) is 10. The summed E-state index contributed by atoms with van der Waals surface area (Å²) in [7, 11) is -4.07. The molecule has 1 heterocycles. The maximum absolute atomic E-state index is 14.6. The van der Waals surface area contributed by atoms with E-state index in [0.717, 1.165) is 19.3 Å². The van der Waals surface area contributed by atoms with Gasteiger partial charge in [-0.25, -0.2) is 13.1 Å². The number of esters is 1. The van der Waals surface area contributed by atoms with E-state index in [4.69, 9.17) is 10.5 Å². The zero-order valence-electron chi connectivity index (χ0n) is 33.3. The van der Waals surface area contributed by atoms with Crippen LogP contribution in [0.1, 0.15) is 90.2 Å². The summed E-state index contributed by atoms with van der Waals surface area (Å²) in [5.74, 6) is -6.61. The van der Waals surface area contributed by atoms with E-state index in [1.165, 1.54) is 17.0 Å². The first-order chi connectivity index (χ1) is 27.6. The quantitative estimate of drug-likeness (QED) is 0.0962. The molecular weight excluding hydrogens is 769 g/mol. The number of hydrogen-bond donors (Lipinski definition) is 5. The minimum absolute atomic E-state index is 0.00716. The molecule has 0 spiro atoms. The Morgan fingerprint density at radius 1 is 0.897 bits per heavy atom. The lowest BCUT2D eigenvalue weighted by atomic mass is 9.77. The lowest BCUT2D eigenvalue weighted by Crippen LogP contribution is -2.55. The van der Waals surface area contributed by atoms with Crippen molar-refractivity contribution in [3.8, 4) is 0 Å². The van der Waals surface area contributed by atoms with Crippen LogP contribution in [-0.2, 0) is 48.3 Å². The van der Waals surface area contributed by atoms with Crippen LogP contribution >= 0.6 is 0 Å². The van der Waals surface area contributed by atoms with Crippen LogP contribution in [0.3, 0.4) is 0 Å². The molecule has 5 atom stereocenters. The lowest BCUT2D eigenvalue weighted by molar-refractivity contribution is -0.152. The van der Waals surface area contributed by atoms with Gasteiger partial charge in [0, 0.05) is 12.6 Å². The van der Waals surface area contributed by atoms with E-state index < -0.39 is 87.9 Å². The van der Waals surface area contributed by atoms with Crippen LogP contribution in [0.2, 0.25) is 0 Å². The Morgan fingerprint density at radius 3 is 2.14 bits per heavy atom. The number of likely N-dealkylation sites (tertiary alicyclic amines) is 1. The molecule has 1 unspecified atom stereocenters. The molecule has 0 radical (unpaired) electrons. The van der Waals surface area contributed by atoms with E-state index >= 15 is 0 Å². The molecule has 2 fully saturated rings. The van der Waals surface area contributed by atoms with Crippen LogP contribution in [0.25, 0.3) is 0 Å². The minimum atomic E-state index is -4.07. The summed E-state index contributed by atoms with van der Waals surface area (Å²) >= 11 is 0. The largest absolute Gasteiger partial charge is 0.465 e. The van der Waals surface area contributed by atoms with Crippen molar-refractivity contribution >= 4 is 51.3 Å². The van der Waals surface area contributed by atoms with Crippen molar-refractivity contribution in [3.63, 3.8) is 0 Å². The number of sulfonamides is 1. The number of ether oxygens (including phenoxy) is 1. The SMILES string of the molecule is CCC[C@H](NC(=O)C1C[C@@H](NS(=O)(=O)c2ccccc2)CN1C(=O)[C@@H](CC(=O)OCC(C)C)C1CCCCC1)C(=O)C(=O)NCC(=O)N[C@H](C(N)=O)c1ccccc1. The van der Waals surface area contributed by atoms with Crippen LogP contribution in [0, 0.1) is 17.8 Å². The van der Waals surface area contributed by atoms with Crippen molar-refractivity contribution in [2.75, 3.05) is 19.7 Å². The fourth-order valence-corrected chi connectivity index (χ4v) is 8.67. The Labute approximate surface area is 339 Å². The molecule has 316 valence electrons. The monoisotopic (exact) mass is 824 g/mol. The van der Waals surface area contributed by atoms with E-state index in [1.807, 2.05) is 13.8 Å². The number of benzene rings is 2. The predicted molar refractivity (Wildman–Crippen MR) is 213 cm³/mol. The molecule has 5 amide bonds. The average Bonchev–Trinajstić information content (AvgIpc) is 3.63. The molecule has 2 aromatic carbocycles. The Balaban J connectivity index is 1.53. The summed E-state index contributed by atoms with van der Waals surface area (Å²) in [4.78, 5) is 94.4. The first-order valence-electron chi connectivity index (χ1n) is 19.9. The summed E-state index contributed by atoms with van der Waals surface area (Å²) in [6.07, 6.45) is 4.12. The van der Waals surface area contributed by atoms with Gasteiger partial charge in [0.15, 0.2) is 0 Å². The number of primary amides is 1. The number of nitrogens with one attached hydrogen (secondary N) is 4. The highest BCUT2D eigenvalue weighted by Crippen LogP contribution is 2.35. The van der Waals surface area contributed by atoms with Gasteiger partial charge in [-0.15, -0.1) is 0 Å².